The highest BCUT2D eigenvalue weighted by Crippen LogP contribution is 2.38. The van der Waals surface area contributed by atoms with Crippen LogP contribution in [0.15, 0.2) is 35.2 Å². The molecule has 0 atom stereocenters. The molecular weight excluding hydrogens is 610 g/mol. The van der Waals surface area contributed by atoms with Crippen molar-refractivity contribution in [3.05, 3.63) is 63.3 Å². The maximum absolute atomic E-state index is 13.8. The van der Waals surface area contributed by atoms with Crippen LogP contribution in [0.3, 0.4) is 0 Å². The number of nitrogens with zero attached hydrogens (tertiary/aromatic N) is 4. The molecule has 44 heavy (non-hydrogen) atoms. The van der Waals surface area contributed by atoms with Crippen molar-refractivity contribution in [2.45, 2.75) is 38.6 Å². The van der Waals surface area contributed by atoms with E-state index in [1.165, 1.54) is 58.8 Å². The number of aryl methyl sites for hydroxylation is 2. The van der Waals surface area contributed by atoms with Crippen LogP contribution in [0, 0.1) is 13.8 Å². The number of methoxy groups -OCH3 is 2. The van der Waals surface area contributed by atoms with Gasteiger partial charge in [0, 0.05) is 50.0 Å². The van der Waals surface area contributed by atoms with E-state index < -0.39 is 22.0 Å². The van der Waals surface area contributed by atoms with Crippen molar-refractivity contribution >= 4 is 44.3 Å². The Balaban J connectivity index is 1.63. The Kier molecular flexibility index (Phi) is 10.9. The highest BCUT2D eigenvalue weighted by molar-refractivity contribution is 7.89. The van der Waals surface area contributed by atoms with E-state index in [1.54, 1.807) is 31.7 Å². The molecule has 0 radical (unpaired) electrons. The number of nitrogens with one attached hydrogen (secondary N) is 1. The first kappa shape index (κ1) is 33.3. The summed E-state index contributed by atoms with van der Waals surface area (Å²) in [6.07, 6.45) is -0.0441. The molecule has 3 aromatic rings. The van der Waals surface area contributed by atoms with Gasteiger partial charge < -0.3 is 24.4 Å². The third-order valence-corrected chi connectivity index (χ3v) is 10.1. The lowest BCUT2D eigenvalue weighted by molar-refractivity contribution is 0.0941. The molecule has 3 heterocycles. The molecule has 2 amide bonds. The number of benzene rings is 1. The summed E-state index contributed by atoms with van der Waals surface area (Å²) >= 11 is 1.22. The zero-order valence-electron chi connectivity index (χ0n) is 25.4. The fourth-order valence-corrected chi connectivity index (χ4v) is 7.53. The number of amides is 2. The normalized spacial score (nSPS) is 13.2. The third kappa shape index (κ3) is 7.18. The van der Waals surface area contributed by atoms with Crippen LogP contribution in [0.5, 0.6) is 0 Å². The van der Waals surface area contributed by atoms with Crippen LogP contribution >= 0.6 is 11.3 Å². The summed E-state index contributed by atoms with van der Waals surface area (Å²) in [5.74, 6) is -0.908. The quantitative estimate of drug-likeness (QED) is 0.313. The third-order valence-electron chi connectivity index (χ3n) is 7.07. The van der Waals surface area contributed by atoms with Crippen molar-refractivity contribution in [1.29, 1.82) is 0 Å². The SMILES string of the molecule is CCOC(=O)N1CCc2c(sc(NC(=O)c3ccc(S(=O)(=O)N(CCOC)CCOC)cc3)c2C(=O)n2nc(C)cc2C)C1. The second-order valence-electron chi connectivity index (χ2n) is 10.1. The van der Waals surface area contributed by atoms with Crippen LogP contribution < -0.4 is 5.32 Å². The minimum Gasteiger partial charge on any atom is -0.450 e. The van der Waals surface area contributed by atoms with E-state index in [4.69, 9.17) is 14.2 Å². The molecule has 0 aliphatic carbocycles. The topological polar surface area (TPSA) is 149 Å². The Hall–Kier alpha value is -3.63. The monoisotopic (exact) mass is 647 g/mol. The highest BCUT2D eigenvalue weighted by Gasteiger charge is 2.32. The Morgan fingerprint density at radius 1 is 1.07 bits per heavy atom. The molecule has 13 nitrogen and oxygen atoms in total. The summed E-state index contributed by atoms with van der Waals surface area (Å²) in [5, 5.41) is 7.52. The molecule has 238 valence electrons. The maximum Gasteiger partial charge on any atom is 0.410 e. The van der Waals surface area contributed by atoms with Crippen LogP contribution in [-0.4, -0.2) is 99.0 Å². The summed E-state index contributed by atoms with van der Waals surface area (Å²) in [5.41, 5.74) is 2.59. The molecule has 0 saturated heterocycles. The number of rotatable bonds is 12. The second kappa shape index (κ2) is 14.4. The summed E-state index contributed by atoms with van der Waals surface area (Å²) in [6.45, 7) is 6.86. The van der Waals surface area contributed by atoms with Crippen LogP contribution in [0.4, 0.5) is 9.80 Å². The van der Waals surface area contributed by atoms with Gasteiger partial charge in [-0.1, -0.05) is 0 Å². The van der Waals surface area contributed by atoms with E-state index in [0.29, 0.717) is 34.9 Å². The van der Waals surface area contributed by atoms with Gasteiger partial charge in [0.2, 0.25) is 10.0 Å². The molecule has 0 spiro atoms. The number of sulfonamides is 1. The number of ether oxygens (including phenoxy) is 3. The molecule has 1 aliphatic heterocycles. The molecule has 0 unspecified atom stereocenters. The number of aromatic nitrogens is 2. The van der Waals surface area contributed by atoms with Gasteiger partial charge >= 0.3 is 6.09 Å². The molecule has 15 heteroatoms. The van der Waals surface area contributed by atoms with Crippen LogP contribution in [0.25, 0.3) is 0 Å². The zero-order chi connectivity index (χ0) is 32.0. The van der Waals surface area contributed by atoms with Crippen molar-refractivity contribution in [3.8, 4) is 0 Å². The molecule has 1 aromatic carbocycles. The molecule has 0 bridgehead atoms. The minimum absolute atomic E-state index is 0.0206. The largest absolute Gasteiger partial charge is 0.450 e. The van der Waals surface area contributed by atoms with Crippen molar-refractivity contribution in [2.75, 3.05) is 59.0 Å². The fourth-order valence-electron chi connectivity index (χ4n) is 4.87. The zero-order valence-corrected chi connectivity index (χ0v) is 27.0. The van der Waals surface area contributed by atoms with Crippen LogP contribution in [0.1, 0.15) is 49.5 Å². The Labute approximate surface area is 260 Å². The summed E-state index contributed by atoms with van der Waals surface area (Å²) in [7, 11) is -0.887. The van der Waals surface area contributed by atoms with Crippen molar-refractivity contribution in [1.82, 2.24) is 19.0 Å². The molecular formula is C29H37N5O8S2. The van der Waals surface area contributed by atoms with Crippen molar-refractivity contribution < 1.29 is 37.0 Å². The molecule has 0 fully saturated rings. The average Bonchev–Trinajstić information content (AvgIpc) is 3.54. The van der Waals surface area contributed by atoms with E-state index in [9.17, 15) is 22.8 Å². The Bertz CT molecular complexity index is 1610. The van der Waals surface area contributed by atoms with Gasteiger partial charge in [0.25, 0.3) is 11.8 Å². The number of carbonyl (C=O) groups excluding carboxylic acids is 3. The predicted octanol–water partition coefficient (Wildman–Crippen LogP) is 3.30. The van der Waals surface area contributed by atoms with Gasteiger partial charge in [-0.15, -0.1) is 11.3 Å². The minimum atomic E-state index is -3.87. The fraction of sp³-hybridized carbons (Fsp3) is 0.448. The van der Waals surface area contributed by atoms with Crippen molar-refractivity contribution in [3.63, 3.8) is 0 Å². The smallest absolute Gasteiger partial charge is 0.410 e. The second-order valence-corrected chi connectivity index (χ2v) is 13.1. The molecule has 1 aliphatic rings. The summed E-state index contributed by atoms with van der Waals surface area (Å²) in [6, 6.07) is 7.38. The van der Waals surface area contributed by atoms with Gasteiger partial charge in [-0.05, 0) is 63.1 Å². The number of fused-ring (bicyclic) bond motifs is 1. The van der Waals surface area contributed by atoms with Crippen molar-refractivity contribution in [2.24, 2.45) is 0 Å². The lowest BCUT2D eigenvalue weighted by atomic mass is 10.0. The number of hydrogen-bond donors (Lipinski definition) is 1. The average molecular weight is 648 g/mol. The molecule has 2 aromatic heterocycles. The summed E-state index contributed by atoms with van der Waals surface area (Å²) in [4.78, 5) is 42.0. The van der Waals surface area contributed by atoms with E-state index >= 15 is 0 Å². The standard InChI is InChI=1S/C29H37N5O8S2/c1-6-42-29(37)32-12-11-23-24(18-32)43-27(25(23)28(36)34-20(3)17-19(2)31-34)30-26(35)21-7-9-22(10-8-21)44(38,39)33(13-15-40-4)14-16-41-5/h7-10,17H,6,11-16,18H2,1-5H3,(H,30,35). The first-order valence-electron chi connectivity index (χ1n) is 14.0. The van der Waals surface area contributed by atoms with Gasteiger partial charge in [0.1, 0.15) is 5.00 Å². The molecule has 1 N–H and O–H groups in total. The molecule has 4 rings (SSSR count). The lowest BCUT2D eigenvalue weighted by Gasteiger charge is -2.26. The van der Waals surface area contributed by atoms with Gasteiger partial charge in [-0.25, -0.2) is 17.9 Å². The number of anilines is 1. The van der Waals surface area contributed by atoms with Crippen LogP contribution in [-0.2, 0) is 37.2 Å². The van der Waals surface area contributed by atoms with Gasteiger partial charge in [-0.2, -0.15) is 9.40 Å². The number of hydrogen-bond acceptors (Lipinski definition) is 10. The van der Waals surface area contributed by atoms with Gasteiger partial charge in [0.15, 0.2) is 0 Å². The number of carbonyl (C=O) groups is 3. The first-order valence-corrected chi connectivity index (χ1v) is 16.3. The van der Waals surface area contributed by atoms with Crippen LogP contribution in [0.2, 0.25) is 0 Å². The number of thiophene rings is 1. The van der Waals surface area contributed by atoms with Gasteiger partial charge in [0.05, 0.1) is 42.5 Å². The van der Waals surface area contributed by atoms with E-state index in [1.807, 2.05) is 0 Å². The predicted molar refractivity (Wildman–Crippen MR) is 164 cm³/mol. The lowest BCUT2D eigenvalue weighted by Crippen LogP contribution is -2.36. The van der Waals surface area contributed by atoms with E-state index in [2.05, 4.69) is 10.4 Å². The Morgan fingerprint density at radius 2 is 1.73 bits per heavy atom. The maximum atomic E-state index is 13.8. The van der Waals surface area contributed by atoms with E-state index in [0.717, 1.165) is 10.4 Å². The molecule has 0 saturated carbocycles. The Morgan fingerprint density at radius 3 is 2.30 bits per heavy atom. The summed E-state index contributed by atoms with van der Waals surface area (Å²) < 4.78 is 44.4. The van der Waals surface area contributed by atoms with Gasteiger partial charge in [-0.3, -0.25) is 9.59 Å². The first-order chi connectivity index (χ1) is 21.0. The van der Waals surface area contributed by atoms with E-state index in [-0.39, 0.29) is 55.8 Å². The highest BCUT2D eigenvalue weighted by atomic mass is 32.2.